The van der Waals surface area contributed by atoms with Crippen molar-refractivity contribution in [3.63, 3.8) is 0 Å². The SMILES string of the molecule is COc1ccccc1C1CCN(Cc2cccc(C(=O)O)c2)C1. The minimum Gasteiger partial charge on any atom is -0.496 e. The smallest absolute Gasteiger partial charge is 0.335 e. The predicted molar refractivity (Wildman–Crippen MR) is 89.0 cm³/mol. The Kier molecular flexibility index (Phi) is 4.63. The Labute approximate surface area is 136 Å². The number of rotatable bonds is 5. The van der Waals surface area contributed by atoms with Gasteiger partial charge in [-0.15, -0.1) is 0 Å². The van der Waals surface area contributed by atoms with E-state index in [-0.39, 0.29) is 0 Å². The van der Waals surface area contributed by atoms with E-state index in [0.717, 1.165) is 37.4 Å². The van der Waals surface area contributed by atoms with Crippen molar-refractivity contribution in [2.75, 3.05) is 20.2 Å². The summed E-state index contributed by atoms with van der Waals surface area (Å²) in [5, 5.41) is 9.09. The number of hydrogen-bond donors (Lipinski definition) is 1. The molecule has 0 bridgehead atoms. The van der Waals surface area contributed by atoms with Crippen LogP contribution in [0.3, 0.4) is 0 Å². The summed E-state index contributed by atoms with van der Waals surface area (Å²) < 4.78 is 5.47. The summed E-state index contributed by atoms with van der Waals surface area (Å²) in [6.07, 6.45) is 1.10. The largest absolute Gasteiger partial charge is 0.496 e. The van der Waals surface area contributed by atoms with Crippen molar-refractivity contribution in [3.8, 4) is 5.75 Å². The molecule has 4 heteroatoms. The van der Waals surface area contributed by atoms with Crippen LogP contribution in [0.25, 0.3) is 0 Å². The third kappa shape index (κ3) is 3.54. The van der Waals surface area contributed by atoms with Gasteiger partial charge in [0, 0.05) is 19.0 Å². The van der Waals surface area contributed by atoms with E-state index in [2.05, 4.69) is 17.0 Å². The van der Waals surface area contributed by atoms with Crippen molar-refractivity contribution in [3.05, 3.63) is 65.2 Å². The van der Waals surface area contributed by atoms with Gasteiger partial charge >= 0.3 is 5.97 Å². The normalized spacial score (nSPS) is 18.0. The van der Waals surface area contributed by atoms with E-state index in [0.29, 0.717) is 11.5 Å². The Morgan fingerprint density at radius 3 is 2.87 bits per heavy atom. The van der Waals surface area contributed by atoms with Gasteiger partial charge in [-0.1, -0.05) is 30.3 Å². The predicted octanol–water partition coefficient (Wildman–Crippen LogP) is 3.38. The van der Waals surface area contributed by atoms with Gasteiger partial charge in [-0.3, -0.25) is 4.90 Å². The molecule has 1 aliphatic heterocycles. The summed E-state index contributed by atoms with van der Waals surface area (Å²) in [5.41, 5.74) is 2.66. The molecule has 0 saturated carbocycles. The number of para-hydroxylation sites is 1. The lowest BCUT2D eigenvalue weighted by molar-refractivity contribution is 0.0696. The number of ether oxygens (including phenoxy) is 1. The zero-order valence-electron chi connectivity index (χ0n) is 13.2. The molecule has 2 aromatic carbocycles. The lowest BCUT2D eigenvalue weighted by Gasteiger charge is -2.18. The van der Waals surface area contributed by atoms with Crippen molar-refractivity contribution in [1.82, 2.24) is 4.90 Å². The van der Waals surface area contributed by atoms with Gasteiger partial charge in [0.25, 0.3) is 0 Å². The summed E-state index contributed by atoms with van der Waals surface area (Å²) in [6, 6.07) is 15.4. The van der Waals surface area contributed by atoms with Crippen LogP contribution in [0.1, 0.15) is 33.8 Å². The van der Waals surface area contributed by atoms with E-state index < -0.39 is 5.97 Å². The highest BCUT2D eigenvalue weighted by atomic mass is 16.5. The second-order valence-corrected chi connectivity index (χ2v) is 5.97. The average molecular weight is 311 g/mol. The fourth-order valence-electron chi connectivity index (χ4n) is 3.29. The molecule has 1 heterocycles. The highest BCUT2D eigenvalue weighted by Crippen LogP contribution is 2.33. The van der Waals surface area contributed by atoms with E-state index in [4.69, 9.17) is 9.84 Å². The molecule has 23 heavy (non-hydrogen) atoms. The van der Waals surface area contributed by atoms with Gasteiger partial charge in [-0.25, -0.2) is 4.79 Å². The van der Waals surface area contributed by atoms with E-state index in [1.165, 1.54) is 5.56 Å². The zero-order chi connectivity index (χ0) is 16.2. The Morgan fingerprint density at radius 1 is 1.26 bits per heavy atom. The second-order valence-electron chi connectivity index (χ2n) is 5.97. The van der Waals surface area contributed by atoms with Gasteiger partial charge in [0.05, 0.1) is 12.7 Å². The van der Waals surface area contributed by atoms with E-state index in [1.54, 1.807) is 19.2 Å². The molecule has 2 aromatic rings. The molecule has 120 valence electrons. The first-order valence-electron chi connectivity index (χ1n) is 7.85. The van der Waals surface area contributed by atoms with Crippen LogP contribution < -0.4 is 4.74 Å². The van der Waals surface area contributed by atoms with Crippen molar-refractivity contribution in [2.45, 2.75) is 18.9 Å². The molecule has 1 fully saturated rings. The molecule has 1 atom stereocenters. The molecular weight excluding hydrogens is 290 g/mol. The van der Waals surface area contributed by atoms with Crippen LogP contribution in [-0.2, 0) is 6.54 Å². The molecule has 3 rings (SSSR count). The maximum Gasteiger partial charge on any atom is 0.335 e. The third-order valence-electron chi connectivity index (χ3n) is 4.43. The van der Waals surface area contributed by atoms with Gasteiger partial charge in [0.15, 0.2) is 0 Å². The fraction of sp³-hybridized carbons (Fsp3) is 0.316. The lowest BCUT2D eigenvalue weighted by atomic mass is 9.97. The Bertz CT molecular complexity index is 699. The number of likely N-dealkylation sites (tertiary alicyclic amines) is 1. The van der Waals surface area contributed by atoms with E-state index in [9.17, 15) is 4.79 Å². The maximum atomic E-state index is 11.1. The highest BCUT2D eigenvalue weighted by molar-refractivity contribution is 5.87. The number of carboxylic acid groups (broad SMARTS) is 1. The van der Waals surface area contributed by atoms with E-state index >= 15 is 0 Å². The topological polar surface area (TPSA) is 49.8 Å². The number of carbonyl (C=O) groups is 1. The summed E-state index contributed by atoms with van der Waals surface area (Å²) in [5.74, 6) is 0.543. The Hall–Kier alpha value is -2.33. The number of hydrogen-bond acceptors (Lipinski definition) is 3. The summed E-state index contributed by atoms with van der Waals surface area (Å²) in [7, 11) is 1.71. The molecular formula is C19H21NO3. The summed E-state index contributed by atoms with van der Waals surface area (Å²) in [6.45, 7) is 2.77. The van der Waals surface area contributed by atoms with Gasteiger partial charge in [0.2, 0.25) is 0 Å². The molecule has 0 aliphatic carbocycles. The Balaban J connectivity index is 1.68. The van der Waals surface area contributed by atoms with Crippen LogP contribution in [0, 0.1) is 0 Å². The Morgan fingerprint density at radius 2 is 2.09 bits per heavy atom. The molecule has 4 nitrogen and oxygen atoms in total. The zero-order valence-corrected chi connectivity index (χ0v) is 13.2. The maximum absolute atomic E-state index is 11.1. The van der Waals surface area contributed by atoms with Crippen LogP contribution in [0.5, 0.6) is 5.75 Å². The molecule has 1 N–H and O–H groups in total. The quantitative estimate of drug-likeness (QED) is 0.919. The molecule has 0 amide bonds. The van der Waals surface area contributed by atoms with Gasteiger partial charge in [-0.05, 0) is 42.3 Å². The monoisotopic (exact) mass is 311 g/mol. The van der Waals surface area contributed by atoms with Gasteiger partial charge in [0.1, 0.15) is 5.75 Å². The minimum absolute atomic E-state index is 0.350. The third-order valence-corrected chi connectivity index (χ3v) is 4.43. The average Bonchev–Trinajstić information content (AvgIpc) is 3.03. The minimum atomic E-state index is -0.875. The number of aromatic carboxylic acids is 1. The molecule has 0 spiro atoms. The van der Waals surface area contributed by atoms with Crippen LogP contribution >= 0.6 is 0 Å². The van der Waals surface area contributed by atoms with Crippen LogP contribution in [0.4, 0.5) is 0 Å². The number of nitrogens with zero attached hydrogens (tertiary/aromatic N) is 1. The lowest BCUT2D eigenvalue weighted by Crippen LogP contribution is -2.20. The first-order chi connectivity index (χ1) is 11.2. The van der Waals surface area contributed by atoms with E-state index in [1.807, 2.05) is 24.3 Å². The second kappa shape index (κ2) is 6.84. The van der Waals surface area contributed by atoms with Crippen molar-refractivity contribution in [1.29, 1.82) is 0 Å². The van der Waals surface area contributed by atoms with Crippen LogP contribution in [-0.4, -0.2) is 36.2 Å². The number of methoxy groups -OCH3 is 1. The molecule has 0 radical (unpaired) electrons. The van der Waals surface area contributed by atoms with Gasteiger partial charge < -0.3 is 9.84 Å². The van der Waals surface area contributed by atoms with Crippen molar-refractivity contribution < 1.29 is 14.6 Å². The van der Waals surface area contributed by atoms with Crippen LogP contribution in [0.2, 0.25) is 0 Å². The molecule has 1 unspecified atom stereocenters. The van der Waals surface area contributed by atoms with Crippen LogP contribution in [0.15, 0.2) is 48.5 Å². The molecule has 0 aromatic heterocycles. The first-order valence-corrected chi connectivity index (χ1v) is 7.85. The highest BCUT2D eigenvalue weighted by Gasteiger charge is 2.26. The van der Waals surface area contributed by atoms with Crippen molar-refractivity contribution in [2.24, 2.45) is 0 Å². The molecule has 1 aliphatic rings. The summed E-state index contributed by atoms with van der Waals surface area (Å²) >= 11 is 0. The number of benzene rings is 2. The number of carboxylic acids is 1. The standard InChI is InChI=1S/C19H21NO3/c1-23-18-8-3-2-7-17(18)16-9-10-20(13-16)12-14-5-4-6-15(11-14)19(21)22/h2-8,11,16H,9-10,12-13H2,1H3,(H,21,22). The molecule has 1 saturated heterocycles. The fourth-order valence-corrected chi connectivity index (χ4v) is 3.29. The van der Waals surface area contributed by atoms with Gasteiger partial charge in [-0.2, -0.15) is 0 Å². The van der Waals surface area contributed by atoms with Crippen molar-refractivity contribution >= 4 is 5.97 Å². The summed E-state index contributed by atoms with van der Waals surface area (Å²) in [4.78, 5) is 13.4. The first kappa shape index (κ1) is 15.6.